The average Bonchev–Trinajstić information content (AvgIpc) is 3.14. The van der Waals surface area contributed by atoms with Crippen molar-refractivity contribution in [2.75, 3.05) is 0 Å². The Morgan fingerprint density at radius 2 is 0.933 bits per heavy atom. The summed E-state index contributed by atoms with van der Waals surface area (Å²) < 4.78 is 0. The molecule has 0 atom stereocenters. The molecule has 0 saturated carbocycles. The third kappa shape index (κ3) is 3.24. The van der Waals surface area contributed by atoms with Gasteiger partial charge in [-0.2, -0.15) is 48.5 Å². The van der Waals surface area contributed by atoms with Gasteiger partial charge in [0.2, 0.25) is 0 Å². The Kier molecular flexibility index (Phi) is 7.62. The summed E-state index contributed by atoms with van der Waals surface area (Å²) >= 11 is 0. The number of hydrogen-bond donors (Lipinski definition) is 0. The van der Waals surface area contributed by atoms with Crippen LogP contribution in [0.4, 0.5) is 0 Å². The summed E-state index contributed by atoms with van der Waals surface area (Å²) in [5.41, 5.74) is 13.1. The molecule has 6 rings (SSSR count). The van der Waals surface area contributed by atoms with E-state index in [4.69, 9.17) is 0 Å². The van der Waals surface area contributed by atoms with Gasteiger partial charge in [-0.25, -0.2) is 0 Å². The molecule has 0 unspecified atom stereocenters. The van der Waals surface area contributed by atoms with E-state index in [0.717, 1.165) is 0 Å². The second kappa shape index (κ2) is 9.21. The SMILES string of the molecule is Cc1ccc2c(c1)C1(c3c[c-]ccc3-c3cc[c-]cc31)c1cc(C)ccc1-2.[Y].[Y].[Y]. The average molecular weight is 609 g/mol. The summed E-state index contributed by atoms with van der Waals surface area (Å²) in [5, 5.41) is 0. The molecule has 30 heavy (non-hydrogen) atoms. The van der Waals surface area contributed by atoms with Crippen LogP contribution in [-0.2, 0) is 104 Å². The summed E-state index contributed by atoms with van der Waals surface area (Å²) in [6.07, 6.45) is 0. The molecule has 4 aromatic carbocycles. The summed E-state index contributed by atoms with van der Waals surface area (Å²) in [7, 11) is 0. The topological polar surface area (TPSA) is 0 Å². The van der Waals surface area contributed by atoms with Gasteiger partial charge >= 0.3 is 0 Å². The third-order valence-electron chi connectivity index (χ3n) is 6.27. The van der Waals surface area contributed by atoms with E-state index in [1.807, 2.05) is 12.1 Å². The standard InChI is InChI=1S/C27H18.3Y/c1-17-11-13-21-22-14-12-18(2)16-26(22)27(25(21)15-17)23-9-5-3-7-19(23)20-8-4-6-10-24(20)27;;;/h3-4,7-16H,1-2H3;;;/q-2;;;. The van der Waals surface area contributed by atoms with Crippen LogP contribution in [0.5, 0.6) is 0 Å². The first-order valence-corrected chi connectivity index (χ1v) is 9.45. The van der Waals surface area contributed by atoms with Crippen molar-refractivity contribution in [1.82, 2.24) is 0 Å². The Bertz CT molecular complexity index is 1160. The van der Waals surface area contributed by atoms with Gasteiger partial charge in [-0.3, -0.25) is 0 Å². The van der Waals surface area contributed by atoms with E-state index in [0.29, 0.717) is 0 Å². The van der Waals surface area contributed by atoms with Crippen molar-refractivity contribution >= 4 is 0 Å². The van der Waals surface area contributed by atoms with Crippen LogP contribution >= 0.6 is 0 Å². The molecule has 0 bridgehead atoms. The number of benzene rings is 4. The molecule has 0 aromatic heterocycles. The maximum Gasteiger partial charge on any atom is 0 e. The van der Waals surface area contributed by atoms with E-state index in [1.54, 1.807) is 0 Å². The number of fused-ring (bicyclic) bond motifs is 10. The molecule has 0 amide bonds. The predicted octanol–water partition coefficient (Wildman–Crippen LogP) is 6.24. The molecule has 1 spiro atoms. The van der Waals surface area contributed by atoms with Gasteiger partial charge < -0.3 is 0 Å². The monoisotopic (exact) mass is 609 g/mol. The fourth-order valence-corrected chi connectivity index (χ4v) is 5.23. The number of hydrogen-bond acceptors (Lipinski definition) is 0. The molecule has 2 aliphatic rings. The minimum atomic E-state index is -0.261. The normalized spacial score (nSPS) is 13.1. The van der Waals surface area contributed by atoms with Crippen LogP contribution in [0.25, 0.3) is 22.3 Å². The van der Waals surface area contributed by atoms with E-state index in [1.165, 1.54) is 55.6 Å². The Morgan fingerprint density at radius 1 is 0.533 bits per heavy atom. The minimum Gasteiger partial charge on any atom is -0.183 e. The van der Waals surface area contributed by atoms with Crippen LogP contribution in [0.3, 0.4) is 0 Å². The van der Waals surface area contributed by atoms with Crippen molar-refractivity contribution in [3.8, 4) is 22.3 Å². The summed E-state index contributed by atoms with van der Waals surface area (Å²) in [6.45, 7) is 4.38. The van der Waals surface area contributed by atoms with E-state index in [9.17, 15) is 0 Å². The molecule has 3 heteroatoms. The van der Waals surface area contributed by atoms with Gasteiger partial charge in [0.05, 0.1) is 0 Å². The van der Waals surface area contributed by atoms with Gasteiger partial charge in [-0.15, -0.1) is 22.3 Å². The van der Waals surface area contributed by atoms with Gasteiger partial charge in [0, 0.05) is 98.1 Å². The zero-order valence-corrected chi connectivity index (χ0v) is 25.7. The van der Waals surface area contributed by atoms with E-state index < -0.39 is 0 Å². The zero-order valence-electron chi connectivity index (χ0n) is 17.2. The van der Waals surface area contributed by atoms with Gasteiger partial charge in [-0.05, 0) is 41.5 Å². The second-order valence-corrected chi connectivity index (χ2v) is 7.79. The molecule has 4 aromatic rings. The van der Waals surface area contributed by atoms with Crippen LogP contribution in [0.1, 0.15) is 33.4 Å². The van der Waals surface area contributed by atoms with Crippen LogP contribution in [0.2, 0.25) is 0 Å². The third-order valence-corrected chi connectivity index (χ3v) is 6.27. The number of aryl methyl sites for hydroxylation is 2. The van der Waals surface area contributed by atoms with E-state index >= 15 is 0 Å². The largest absolute Gasteiger partial charge is 0.183 e. The maximum absolute atomic E-state index is 3.36. The summed E-state index contributed by atoms with van der Waals surface area (Å²) in [5.74, 6) is 0. The Morgan fingerprint density at radius 3 is 1.37 bits per heavy atom. The van der Waals surface area contributed by atoms with E-state index in [-0.39, 0.29) is 104 Å². The molecular formula is C27H18Y3-2. The molecule has 0 nitrogen and oxygen atoms in total. The fraction of sp³-hybridized carbons (Fsp3) is 0.111. The van der Waals surface area contributed by atoms with Crippen molar-refractivity contribution < 1.29 is 98.1 Å². The molecule has 2 aliphatic carbocycles. The predicted molar refractivity (Wildman–Crippen MR) is 110 cm³/mol. The van der Waals surface area contributed by atoms with Crippen LogP contribution in [0.15, 0.2) is 72.8 Å². The van der Waals surface area contributed by atoms with Crippen molar-refractivity contribution in [2.24, 2.45) is 0 Å². The molecule has 3 radical (unpaired) electrons. The first-order valence-electron chi connectivity index (χ1n) is 9.45. The Balaban J connectivity index is 0.000000853. The molecule has 137 valence electrons. The van der Waals surface area contributed by atoms with Crippen LogP contribution in [-0.4, -0.2) is 0 Å². The zero-order chi connectivity index (χ0) is 18.2. The van der Waals surface area contributed by atoms with Crippen molar-refractivity contribution in [2.45, 2.75) is 19.3 Å². The fourth-order valence-electron chi connectivity index (χ4n) is 5.23. The van der Waals surface area contributed by atoms with Crippen molar-refractivity contribution in [3.05, 3.63) is 118 Å². The van der Waals surface area contributed by atoms with Crippen LogP contribution in [0, 0.1) is 26.0 Å². The molecular weight excluding hydrogens is 591 g/mol. The molecule has 0 heterocycles. The second-order valence-electron chi connectivity index (χ2n) is 7.79. The summed E-state index contributed by atoms with van der Waals surface area (Å²) in [6, 6.07) is 33.4. The van der Waals surface area contributed by atoms with Crippen LogP contribution < -0.4 is 0 Å². The maximum atomic E-state index is 3.36. The minimum absolute atomic E-state index is 0. The number of rotatable bonds is 0. The van der Waals surface area contributed by atoms with Gasteiger partial charge in [0.15, 0.2) is 0 Å². The van der Waals surface area contributed by atoms with Gasteiger partial charge in [0.1, 0.15) is 0 Å². The smallest absolute Gasteiger partial charge is 0 e. The molecule has 0 aliphatic heterocycles. The molecule has 0 fully saturated rings. The Labute approximate surface area is 254 Å². The molecule has 0 saturated heterocycles. The van der Waals surface area contributed by atoms with E-state index in [2.05, 4.69) is 86.6 Å². The van der Waals surface area contributed by atoms with Gasteiger partial charge in [-0.1, -0.05) is 47.5 Å². The first kappa shape index (κ1) is 24.8. The quantitative estimate of drug-likeness (QED) is 0.179. The van der Waals surface area contributed by atoms with Gasteiger partial charge in [0.25, 0.3) is 0 Å². The molecule has 0 N–H and O–H groups in total. The first-order chi connectivity index (χ1) is 13.2. The summed E-state index contributed by atoms with van der Waals surface area (Å²) in [4.78, 5) is 0. The Hall–Kier alpha value is 0.192. The van der Waals surface area contributed by atoms with Crippen molar-refractivity contribution in [3.63, 3.8) is 0 Å². The van der Waals surface area contributed by atoms with Crippen molar-refractivity contribution in [1.29, 1.82) is 0 Å².